The third kappa shape index (κ3) is 4.67. The monoisotopic (exact) mass is 343 g/mol. The molecule has 2 atom stereocenters. The Morgan fingerprint density at radius 2 is 2.28 bits per heavy atom. The van der Waals surface area contributed by atoms with Gasteiger partial charge in [-0.25, -0.2) is 4.98 Å². The summed E-state index contributed by atoms with van der Waals surface area (Å²) in [7, 11) is 0. The summed E-state index contributed by atoms with van der Waals surface area (Å²) in [5, 5.41) is 3.05. The number of benzene rings is 1. The Kier molecular flexibility index (Phi) is 5.83. The first-order chi connectivity index (χ1) is 12.1. The van der Waals surface area contributed by atoms with Crippen molar-refractivity contribution in [3.8, 4) is 0 Å². The Hall–Kier alpha value is -2.18. The van der Waals surface area contributed by atoms with E-state index in [4.69, 9.17) is 9.47 Å². The van der Waals surface area contributed by atoms with Crippen molar-refractivity contribution in [1.82, 2.24) is 14.9 Å². The number of fused-ring (bicyclic) bond motifs is 1. The van der Waals surface area contributed by atoms with Gasteiger partial charge in [0.15, 0.2) is 0 Å². The minimum absolute atomic E-state index is 0.0205. The fraction of sp³-hybridized carbons (Fsp3) is 0.474. The molecular weight excluding hydrogens is 318 g/mol. The molecule has 1 aliphatic heterocycles. The predicted octanol–water partition coefficient (Wildman–Crippen LogP) is 2.29. The highest BCUT2D eigenvalue weighted by atomic mass is 16.5. The summed E-state index contributed by atoms with van der Waals surface area (Å²) in [4.78, 5) is 16.8. The van der Waals surface area contributed by atoms with Crippen LogP contribution in [0, 0.1) is 0 Å². The summed E-state index contributed by atoms with van der Waals surface area (Å²) in [6.07, 6.45) is 4.51. The number of nitrogens with zero attached hydrogens (tertiary/aromatic N) is 2. The minimum atomic E-state index is -0.124. The van der Waals surface area contributed by atoms with E-state index in [2.05, 4.69) is 10.3 Å². The van der Waals surface area contributed by atoms with E-state index >= 15 is 0 Å². The third-order valence-electron chi connectivity index (χ3n) is 4.28. The molecule has 0 spiro atoms. The van der Waals surface area contributed by atoms with Crippen LogP contribution in [0.2, 0.25) is 0 Å². The molecule has 1 aliphatic rings. The molecule has 0 aliphatic carbocycles. The van der Waals surface area contributed by atoms with Crippen LogP contribution in [0.25, 0.3) is 11.0 Å². The molecule has 3 rings (SSSR count). The fourth-order valence-corrected chi connectivity index (χ4v) is 2.93. The molecule has 25 heavy (non-hydrogen) atoms. The number of hydrogen-bond acceptors (Lipinski definition) is 4. The second-order valence-corrected chi connectivity index (χ2v) is 6.55. The predicted molar refractivity (Wildman–Crippen MR) is 96.3 cm³/mol. The van der Waals surface area contributed by atoms with E-state index in [-0.39, 0.29) is 24.6 Å². The Morgan fingerprint density at radius 1 is 1.44 bits per heavy atom. The van der Waals surface area contributed by atoms with Crippen molar-refractivity contribution < 1.29 is 14.3 Å². The first kappa shape index (κ1) is 17.6. The molecule has 0 bridgehead atoms. The van der Waals surface area contributed by atoms with E-state index in [9.17, 15) is 4.79 Å². The Balaban J connectivity index is 1.59. The van der Waals surface area contributed by atoms with Gasteiger partial charge in [-0.1, -0.05) is 23.8 Å². The number of carbonyl (C=O) groups is 1. The summed E-state index contributed by atoms with van der Waals surface area (Å²) in [5.74, 6) is -0.0607. The van der Waals surface area contributed by atoms with Crippen molar-refractivity contribution in [3.63, 3.8) is 0 Å². The number of rotatable bonds is 6. The van der Waals surface area contributed by atoms with Gasteiger partial charge < -0.3 is 19.4 Å². The molecule has 6 nitrogen and oxygen atoms in total. The van der Waals surface area contributed by atoms with Gasteiger partial charge in [0.1, 0.15) is 6.54 Å². The zero-order valence-corrected chi connectivity index (χ0v) is 14.8. The van der Waals surface area contributed by atoms with Gasteiger partial charge in [0.05, 0.1) is 42.7 Å². The van der Waals surface area contributed by atoms with Crippen LogP contribution in [0.1, 0.15) is 20.3 Å². The number of imidazole rings is 1. The fourth-order valence-electron chi connectivity index (χ4n) is 2.93. The standard InChI is InChI=1S/C19H25N3O3/c1-14(2)7-10-25-18-8-9-24-12-16(18)21-19(23)11-22-13-20-15-5-3-4-6-17(15)22/h3-7,13,16,18H,8-12H2,1-2H3,(H,21,23)/t16-,18+/m1/s1. The molecule has 2 heterocycles. The summed E-state index contributed by atoms with van der Waals surface area (Å²) < 4.78 is 13.3. The lowest BCUT2D eigenvalue weighted by Crippen LogP contribution is -2.51. The Bertz CT molecular complexity index is 749. The van der Waals surface area contributed by atoms with Gasteiger partial charge in [-0.15, -0.1) is 0 Å². The van der Waals surface area contributed by atoms with Gasteiger partial charge in [-0.2, -0.15) is 0 Å². The number of nitrogens with one attached hydrogen (secondary N) is 1. The van der Waals surface area contributed by atoms with Crippen LogP contribution in [0.5, 0.6) is 0 Å². The normalized spacial score (nSPS) is 20.4. The van der Waals surface area contributed by atoms with Crippen molar-refractivity contribution >= 4 is 16.9 Å². The number of ether oxygens (including phenoxy) is 2. The number of aromatic nitrogens is 2. The average Bonchev–Trinajstić information content (AvgIpc) is 2.99. The Morgan fingerprint density at radius 3 is 3.12 bits per heavy atom. The van der Waals surface area contributed by atoms with Crippen molar-refractivity contribution in [2.24, 2.45) is 0 Å². The molecule has 6 heteroatoms. The Labute approximate surface area is 147 Å². The van der Waals surface area contributed by atoms with Crippen LogP contribution in [-0.2, 0) is 20.8 Å². The zero-order chi connectivity index (χ0) is 17.6. The maximum absolute atomic E-state index is 12.5. The van der Waals surface area contributed by atoms with Crippen LogP contribution in [0.3, 0.4) is 0 Å². The van der Waals surface area contributed by atoms with Gasteiger partial charge in [0, 0.05) is 6.61 Å². The zero-order valence-electron chi connectivity index (χ0n) is 14.8. The first-order valence-corrected chi connectivity index (χ1v) is 8.65. The average molecular weight is 343 g/mol. The smallest absolute Gasteiger partial charge is 0.240 e. The molecule has 2 aromatic rings. The maximum atomic E-state index is 12.5. The van der Waals surface area contributed by atoms with Crippen molar-refractivity contribution in [2.75, 3.05) is 19.8 Å². The van der Waals surface area contributed by atoms with Crippen molar-refractivity contribution in [3.05, 3.63) is 42.2 Å². The molecule has 1 saturated heterocycles. The number of allylic oxidation sites excluding steroid dienone is 1. The molecule has 1 amide bonds. The van der Waals surface area contributed by atoms with E-state index in [0.717, 1.165) is 17.5 Å². The molecule has 0 unspecified atom stereocenters. The highest BCUT2D eigenvalue weighted by Crippen LogP contribution is 2.14. The van der Waals surface area contributed by atoms with Crippen LogP contribution in [-0.4, -0.2) is 47.4 Å². The third-order valence-corrected chi connectivity index (χ3v) is 4.28. The molecule has 134 valence electrons. The lowest BCUT2D eigenvalue weighted by molar-refractivity contribution is -0.126. The van der Waals surface area contributed by atoms with Crippen LogP contribution in [0.4, 0.5) is 0 Å². The highest BCUT2D eigenvalue weighted by molar-refractivity contribution is 5.80. The molecular formula is C19H25N3O3. The van der Waals surface area contributed by atoms with Gasteiger partial charge in [0.25, 0.3) is 0 Å². The van der Waals surface area contributed by atoms with Crippen LogP contribution < -0.4 is 5.32 Å². The summed E-state index contributed by atoms with van der Waals surface area (Å²) in [6.45, 7) is 6.03. The largest absolute Gasteiger partial charge is 0.379 e. The lowest BCUT2D eigenvalue weighted by atomic mass is 10.1. The van der Waals surface area contributed by atoms with Crippen LogP contribution >= 0.6 is 0 Å². The number of carbonyl (C=O) groups excluding carboxylic acids is 1. The molecule has 1 aromatic carbocycles. The van der Waals surface area contributed by atoms with E-state index in [1.54, 1.807) is 6.33 Å². The SMILES string of the molecule is CC(C)=CCO[C@H]1CCOC[C@H]1NC(=O)Cn1cnc2ccccc21. The second kappa shape index (κ2) is 8.27. The molecule has 0 radical (unpaired) electrons. The van der Waals surface area contributed by atoms with Gasteiger partial charge in [-0.3, -0.25) is 4.79 Å². The van der Waals surface area contributed by atoms with E-state index < -0.39 is 0 Å². The van der Waals surface area contributed by atoms with E-state index in [0.29, 0.717) is 19.8 Å². The van der Waals surface area contributed by atoms with Gasteiger partial charge in [0.2, 0.25) is 5.91 Å². The number of hydrogen-bond donors (Lipinski definition) is 1. The maximum Gasteiger partial charge on any atom is 0.240 e. The van der Waals surface area contributed by atoms with E-state index in [1.165, 1.54) is 5.57 Å². The topological polar surface area (TPSA) is 65.4 Å². The first-order valence-electron chi connectivity index (χ1n) is 8.65. The van der Waals surface area contributed by atoms with Crippen LogP contribution in [0.15, 0.2) is 42.2 Å². The number of amides is 1. The number of para-hydroxylation sites is 2. The summed E-state index contributed by atoms with van der Waals surface area (Å²) >= 11 is 0. The lowest BCUT2D eigenvalue weighted by Gasteiger charge is -2.32. The van der Waals surface area contributed by atoms with Gasteiger partial charge >= 0.3 is 0 Å². The molecule has 1 aromatic heterocycles. The summed E-state index contributed by atoms with van der Waals surface area (Å²) in [5.41, 5.74) is 3.06. The quantitative estimate of drug-likeness (QED) is 0.818. The van der Waals surface area contributed by atoms with Gasteiger partial charge in [-0.05, 0) is 32.4 Å². The summed E-state index contributed by atoms with van der Waals surface area (Å²) in [6, 6.07) is 7.66. The van der Waals surface area contributed by atoms with E-state index in [1.807, 2.05) is 48.8 Å². The molecule has 1 N–H and O–H groups in total. The minimum Gasteiger partial charge on any atom is -0.379 e. The second-order valence-electron chi connectivity index (χ2n) is 6.55. The van der Waals surface area contributed by atoms with Crippen molar-refractivity contribution in [2.45, 2.75) is 39.0 Å². The molecule has 0 saturated carbocycles. The highest BCUT2D eigenvalue weighted by Gasteiger charge is 2.27. The van der Waals surface area contributed by atoms with Crippen molar-refractivity contribution in [1.29, 1.82) is 0 Å². The molecule has 1 fully saturated rings.